The number of carboxylic acid groups (broad SMARTS) is 1. The molecule has 7 aromatic rings. The third-order valence-electron chi connectivity index (χ3n) is 13.4. The number of methoxy groups -OCH3 is 1. The molecule has 5 N–H and O–H groups in total. The van der Waals surface area contributed by atoms with E-state index < -0.39 is 24.3 Å². The van der Waals surface area contributed by atoms with Crippen LogP contribution in [0.4, 0.5) is 9.59 Å². The Bertz CT molecular complexity index is 2930. The molecular formula is C50H50N8O7. The van der Waals surface area contributed by atoms with Gasteiger partial charge in [0.25, 0.3) is 5.91 Å². The Balaban J connectivity index is 0.859. The fraction of sp³-hybridized carbons (Fsp3) is 0.320. The molecule has 2 aromatic heterocycles. The van der Waals surface area contributed by atoms with Crippen molar-refractivity contribution in [1.29, 1.82) is 0 Å². The van der Waals surface area contributed by atoms with Gasteiger partial charge in [0.1, 0.15) is 23.7 Å². The van der Waals surface area contributed by atoms with E-state index in [0.717, 1.165) is 80.6 Å². The summed E-state index contributed by atoms with van der Waals surface area (Å²) in [6.45, 7) is 2.12. The summed E-state index contributed by atoms with van der Waals surface area (Å²) >= 11 is 0. The number of hydrogen-bond acceptors (Lipinski definition) is 8. The Hall–Kier alpha value is -7.26. The molecule has 0 bridgehead atoms. The van der Waals surface area contributed by atoms with Crippen molar-refractivity contribution in [2.75, 3.05) is 33.4 Å². The topological polar surface area (TPSA) is 195 Å². The van der Waals surface area contributed by atoms with E-state index in [0.29, 0.717) is 56.4 Å². The van der Waals surface area contributed by atoms with Crippen LogP contribution in [-0.2, 0) is 19.1 Å². The maximum Gasteiger partial charge on any atom is 0.407 e. The molecule has 15 heteroatoms. The van der Waals surface area contributed by atoms with Crippen LogP contribution in [0.3, 0.4) is 0 Å². The number of hydrogen-bond donors (Lipinski definition) is 5. The Kier molecular flexibility index (Phi) is 11.4. The van der Waals surface area contributed by atoms with Gasteiger partial charge in [0, 0.05) is 37.3 Å². The Morgan fingerprint density at radius 3 is 2.11 bits per heavy atom. The number of ether oxygens (including phenoxy) is 2. The van der Waals surface area contributed by atoms with E-state index in [1.807, 2.05) is 42.6 Å². The van der Waals surface area contributed by atoms with E-state index in [2.05, 4.69) is 81.3 Å². The molecular weight excluding hydrogens is 825 g/mol. The molecule has 0 saturated carbocycles. The first-order valence-corrected chi connectivity index (χ1v) is 22.3. The molecule has 3 saturated heterocycles. The van der Waals surface area contributed by atoms with Gasteiger partial charge in [-0.3, -0.25) is 9.59 Å². The lowest BCUT2D eigenvalue weighted by atomic mass is 9.90. The fourth-order valence-electron chi connectivity index (χ4n) is 10.1. The second-order valence-electron chi connectivity index (χ2n) is 17.2. The molecule has 332 valence electrons. The zero-order valence-electron chi connectivity index (χ0n) is 36.0. The van der Waals surface area contributed by atoms with Crippen molar-refractivity contribution in [2.45, 2.75) is 62.7 Å². The van der Waals surface area contributed by atoms with Gasteiger partial charge in [0.15, 0.2) is 0 Å². The lowest BCUT2D eigenvalue weighted by molar-refractivity contribution is -0.137. The lowest BCUT2D eigenvalue weighted by Crippen LogP contribution is -2.52. The van der Waals surface area contributed by atoms with Gasteiger partial charge in [0.05, 0.1) is 42.1 Å². The summed E-state index contributed by atoms with van der Waals surface area (Å²) in [5.41, 5.74) is 6.37. The number of nitrogens with zero attached hydrogens (tertiary/aromatic N) is 4. The van der Waals surface area contributed by atoms with Crippen LogP contribution in [0.2, 0.25) is 0 Å². The number of fused-ring (bicyclic) bond motifs is 4. The van der Waals surface area contributed by atoms with Gasteiger partial charge in [-0.1, -0.05) is 72.8 Å². The smallest absolute Gasteiger partial charge is 0.407 e. The van der Waals surface area contributed by atoms with Crippen LogP contribution in [-0.4, -0.2) is 98.3 Å². The fourth-order valence-corrected chi connectivity index (χ4v) is 10.1. The van der Waals surface area contributed by atoms with E-state index in [1.54, 1.807) is 9.80 Å². The standard InChI is InChI=1S/C50H50N8O7/c1-64-50(63)56-43(29-7-3-2-4-8-29)48(60)57-21-5-9-40(57)45-51-28-39(53-45)36-14-13-32-25-31(11-12-33(32)27-36)34-15-17-37-35(26-34)16-18-38-44(37)54-46(52-38)41-10-6-22-58(41)47(59)42(55-49(61)62)30-19-23-65-24-20-30/h2-4,7-8,11-18,25-28,30,40-43,55H,5-6,9-10,19-24H2,1H3,(H,51,53)(H,52,54)(H,56,63)(H,61,62)/t40-,41-,42-,43+/m0/s1. The molecule has 5 aromatic carbocycles. The number of aromatic nitrogens is 4. The average Bonchev–Trinajstić information content (AvgIpc) is 4.19. The molecule has 0 spiro atoms. The van der Waals surface area contributed by atoms with Gasteiger partial charge in [0.2, 0.25) is 5.91 Å². The molecule has 15 nitrogen and oxygen atoms in total. The highest BCUT2D eigenvalue weighted by molar-refractivity contribution is 6.06. The summed E-state index contributed by atoms with van der Waals surface area (Å²) < 4.78 is 10.3. The number of amides is 4. The van der Waals surface area contributed by atoms with Crippen molar-refractivity contribution in [3.63, 3.8) is 0 Å². The maximum absolute atomic E-state index is 14.0. The normalized spacial score (nSPS) is 18.8. The van der Waals surface area contributed by atoms with E-state index in [9.17, 15) is 24.3 Å². The minimum Gasteiger partial charge on any atom is -0.465 e. The third kappa shape index (κ3) is 8.23. The second-order valence-corrected chi connectivity index (χ2v) is 17.2. The number of imidazole rings is 2. The van der Waals surface area contributed by atoms with Crippen molar-refractivity contribution in [3.05, 3.63) is 120 Å². The van der Waals surface area contributed by atoms with Gasteiger partial charge < -0.3 is 45.0 Å². The van der Waals surface area contributed by atoms with Crippen LogP contribution in [0.25, 0.3) is 55.0 Å². The Morgan fingerprint density at radius 1 is 0.738 bits per heavy atom. The number of H-pyrrole nitrogens is 2. The minimum absolute atomic E-state index is 0.117. The highest BCUT2D eigenvalue weighted by Crippen LogP contribution is 2.38. The predicted octanol–water partition coefficient (Wildman–Crippen LogP) is 8.41. The van der Waals surface area contributed by atoms with E-state index in [4.69, 9.17) is 19.4 Å². The first kappa shape index (κ1) is 41.7. The Labute approximate surface area is 374 Å². The van der Waals surface area contributed by atoms with E-state index in [-0.39, 0.29) is 29.8 Å². The molecule has 3 aliphatic rings. The van der Waals surface area contributed by atoms with Crippen LogP contribution in [0.15, 0.2) is 103 Å². The summed E-state index contributed by atoms with van der Waals surface area (Å²) in [6, 6.07) is 30.2. The molecule has 0 unspecified atom stereocenters. The third-order valence-corrected chi connectivity index (χ3v) is 13.4. The van der Waals surface area contributed by atoms with Crippen LogP contribution in [0, 0.1) is 5.92 Å². The van der Waals surface area contributed by atoms with Crippen LogP contribution in [0.5, 0.6) is 0 Å². The number of alkyl carbamates (subject to hydrolysis) is 1. The number of likely N-dealkylation sites (tertiary alicyclic amines) is 2. The molecule has 0 aliphatic carbocycles. The summed E-state index contributed by atoms with van der Waals surface area (Å²) in [5, 5.41) is 19.1. The quantitative estimate of drug-likeness (QED) is 0.0897. The zero-order chi connectivity index (χ0) is 44.6. The van der Waals surface area contributed by atoms with Gasteiger partial charge in [-0.05, 0) is 102 Å². The van der Waals surface area contributed by atoms with Crippen molar-refractivity contribution in [2.24, 2.45) is 5.92 Å². The molecule has 10 rings (SSSR count). The molecule has 5 heterocycles. The maximum atomic E-state index is 14.0. The SMILES string of the molecule is COC(=O)N[C@@H](C(=O)N1CCC[C@H]1c1ncc(-c2ccc3cc(-c4ccc5c(ccc6nc([C@@H]7CCCN7C(=O)[C@@H](NC(=O)O)C7CCOCC7)[nH]c65)c4)ccc3c2)[nH]1)c1ccccc1. The highest BCUT2D eigenvalue weighted by atomic mass is 16.5. The largest absolute Gasteiger partial charge is 0.465 e. The van der Waals surface area contributed by atoms with Gasteiger partial charge in [-0.25, -0.2) is 19.6 Å². The van der Waals surface area contributed by atoms with Crippen LogP contribution in [0.1, 0.15) is 73.9 Å². The van der Waals surface area contributed by atoms with Gasteiger partial charge in [-0.2, -0.15) is 0 Å². The number of aromatic amines is 2. The van der Waals surface area contributed by atoms with E-state index in [1.165, 1.54) is 7.11 Å². The minimum atomic E-state index is -1.20. The molecule has 3 aliphatic heterocycles. The summed E-state index contributed by atoms with van der Waals surface area (Å²) in [7, 11) is 1.28. The molecule has 4 atom stereocenters. The van der Waals surface area contributed by atoms with Crippen LogP contribution >= 0.6 is 0 Å². The van der Waals surface area contributed by atoms with Crippen molar-refractivity contribution in [3.8, 4) is 22.4 Å². The summed E-state index contributed by atoms with van der Waals surface area (Å²) in [5.74, 6) is 0.875. The number of carbonyl (C=O) groups is 4. The molecule has 0 radical (unpaired) electrons. The first-order valence-electron chi connectivity index (χ1n) is 22.3. The van der Waals surface area contributed by atoms with Crippen molar-refractivity contribution < 1.29 is 33.8 Å². The molecule has 3 fully saturated rings. The lowest BCUT2D eigenvalue weighted by Gasteiger charge is -2.33. The van der Waals surface area contributed by atoms with Crippen molar-refractivity contribution >= 4 is 56.6 Å². The average molecular weight is 875 g/mol. The monoisotopic (exact) mass is 874 g/mol. The molecule has 4 amide bonds. The highest BCUT2D eigenvalue weighted by Gasteiger charge is 2.40. The number of benzene rings is 5. The molecule has 65 heavy (non-hydrogen) atoms. The van der Waals surface area contributed by atoms with Crippen LogP contribution < -0.4 is 10.6 Å². The zero-order valence-corrected chi connectivity index (χ0v) is 36.0. The Morgan fingerprint density at radius 2 is 1.38 bits per heavy atom. The summed E-state index contributed by atoms with van der Waals surface area (Å²) in [4.78, 5) is 72.4. The second kappa shape index (κ2) is 17.7. The van der Waals surface area contributed by atoms with E-state index >= 15 is 0 Å². The van der Waals surface area contributed by atoms with Gasteiger partial charge >= 0.3 is 12.2 Å². The number of carbonyl (C=O) groups excluding carboxylic acids is 3. The van der Waals surface area contributed by atoms with Gasteiger partial charge in [-0.15, -0.1) is 0 Å². The first-order chi connectivity index (χ1) is 31.7. The van der Waals surface area contributed by atoms with Crippen molar-refractivity contribution in [1.82, 2.24) is 40.4 Å². The number of rotatable bonds is 10. The predicted molar refractivity (Wildman–Crippen MR) is 245 cm³/mol. The summed E-state index contributed by atoms with van der Waals surface area (Å²) in [6.07, 6.45) is 4.31. The number of nitrogens with one attached hydrogen (secondary N) is 4.